The number of hydrogen-bond acceptors (Lipinski definition) is 3. The van der Waals surface area contributed by atoms with Gasteiger partial charge in [-0.05, 0) is 37.0 Å². The highest BCUT2D eigenvalue weighted by Crippen LogP contribution is 2.21. The van der Waals surface area contributed by atoms with Gasteiger partial charge in [0.05, 0.1) is 0 Å². The lowest BCUT2D eigenvalue weighted by Crippen LogP contribution is -2.35. The van der Waals surface area contributed by atoms with Crippen LogP contribution in [0.15, 0.2) is 18.2 Å². The molecule has 3 N–H and O–H groups in total. The lowest BCUT2D eigenvalue weighted by Gasteiger charge is -2.18. The number of rotatable bonds is 8. The molecule has 0 aliphatic heterocycles. The summed E-state index contributed by atoms with van der Waals surface area (Å²) < 4.78 is 0. The van der Waals surface area contributed by atoms with Crippen molar-refractivity contribution in [3.63, 3.8) is 0 Å². The van der Waals surface area contributed by atoms with E-state index >= 15 is 0 Å². The van der Waals surface area contributed by atoms with E-state index in [9.17, 15) is 19.5 Å². The topological polar surface area (TPSA) is 95.5 Å². The lowest BCUT2D eigenvalue weighted by atomic mass is 9.97. The summed E-state index contributed by atoms with van der Waals surface area (Å²) in [7, 11) is 0. The molecule has 0 saturated heterocycles. The molecular formula is C17H24N2O4. The summed E-state index contributed by atoms with van der Waals surface area (Å²) in [5.41, 5.74) is 2.35. The van der Waals surface area contributed by atoms with Crippen LogP contribution in [0.2, 0.25) is 0 Å². The summed E-state index contributed by atoms with van der Waals surface area (Å²) >= 11 is 0. The summed E-state index contributed by atoms with van der Waals surface area (Å²) in [5, 5.41) is 14.6. The van der Waals surface area contributed by atoms with E-state index in [2.05, 4.69) is 10.6 Å². The molecule has 0 aliphatic carbocycles. The molecule has 0 spiro atoms. The van der Waals surface area contributed by atoms with Crippen molar-refractivity contribution in [2.75, 3.05) is 6.54 Å². The van der Waals surface area contributed by atoms with E-state index in [-0.39, 0.29) is 18.7 Å². The average molecular weight is 320 g/mol. The van der Waals surface area contributed by atoms with Gasteiger partial charge in [-0.2, -0.15) is 0 Å². The van der Waals surface area contributed by atoms with E-state index in [1.54, 1.807) is 12.1 Å². The standard InChI is InChI=1S/C17H24N2O4/c1-4-10-18-14(20)8-9-15(21)19-16(17(22)23)13-7-5-6-11(2)12(13)3/h5-7,16H,4,8-10H2,1-3H3,(H,18,20)(H,19,21)(H,22,23). The summed E-state index contributed by atoms with van der Waals surface area (Å²) in [5.74, 6) is -1.78. The predicted molar refractivity (Wildman–Crippen MR) is 87.0 cm³/mol. The van der Waals surface area contributed by atoms with Crippen molar-refractivity contribution >= 4 is 17.8 Å². The van der Waals surface area contributed by atoms with Gasteiger partial charge >= 0.3 is 5.97 Å². The normalized spacial score (nSPS) is 11.6. The number of hydrogen-bond donors (Lipinski definition) is 3. The van der Waals surface area contributed by atoms with Crippen LogP contribution in [0, 0.1) is 13.8 Å². The molecule has 1 unspecified atom stereocenters. The van der Waals surface area contributed by atoms with Gasteiger partial charge in [0.25, 0.3) is 0 Å². The Bertz CT molecular complexity index is 584. The van der Waals surface area contributed by atoms with Crippen LogP contribution >= 0.6 is 0 Å². The Morgan fingerprint density at radius 1 is 1.13 bits per heavy atom. The maximum absolute atomic E-state index is 12.0. The highest BCUT2D eigenvalue weighted by atomic mass is 16.4. The molecule has 0 bridgehead atoms. The number of carbonyl (C=O) groups excluding carboxylic acids is 2. The average Bonchev–Trinajstić information content (AvgIpc) is 2.51. The van der Waals surface area contributed by atoms with Crippen LogP contribution in [-0.4, -0.2) is 29.4 Å². The molecule has 1 aromatic rings. The van der Waals surface area contributed by atoms with Gasteiger partial charge < -0.3 is 15.7 Å². The zero-order chi connectivity index (χ0) is 17.4. The molecule has 126 valence electrons. The quantitative estimate of drug-likeness (QED) is 0.681. The number of aliphatic carboxylic acids is 1. The van der Waals surface area contributed by atoms with Gasteiger partial charge in [0.1, 0.15) is 0 Å². The minimum atomic E-state index is -1.12. The second kappa shape index (κ2) is 8.92. The number of carboxylic acids is 1. The Balaban J connectivity index is 2.70. The Kier molecular flexibility index (Phi) is 7.25. The van der Waals surface area contributed by atoms with Gasteiger partial charge in [-0.3, -0.25) is 9.59 Å². The van der Waals surface area contributed by atoms with Gasteiger partial charge in [-0.1, -0.05) is 25.1 Å². The van der Waals surface area contributed by atoms with E-state index < -0.39 is 17.9 Å². The van der Waals surface area contributed by atoms with Crippen LogP contribution < -0.4 is 10.6 Å². The number of carboxylic acid groups (broad SMARTS) is 1. The molecule has 6 heteroatoms. The van der Waals surface area contributed by atoms with Crippen molar-refractivity contribution in [2.24, 2.45) is 0 Å². The molecule has 6 nitrogen and oxygen atoms in total. The fourth-order valence-electron chi connectivity index (χ4n) is 2.17. The molecule has 0 aromatic heterocycles. The number of nitrogens with one attached hydrogen (secondary N) is 2. The van der Waals surface area contributed by atoms with Crippen molar-refractivity contribution in [3.8, 4) is 0 Å². The molecule has 1 rings (SSSR count). The highest BCUT2D eigenvalue weighted by molar-refractivity contribution is 5.87. The predicted octanol–water partition coefficient (Wildman–Crippen LogP) is 1.85. The van der Waals surface area contributed by atoms with Crippen molar-refractivity contribution in [2.45, 2.75) is 46.1 Å². The summed E-state index contributed by atoms with van der Waals surface area (Å²) in [4.78, 5) is 34.9. The van der Waals surface area contributed by atoms with Crippen LogP contribution in [0.5, 0.6) is 0 Å². The fourth-order valence-corrected chi connectivity index (χ4v) is 2.17. The number of benzene rings is 1. The monoisotopic (exact) mass is 320 g/mol. The summed E-state index contributed by atoms with van der Waals surface area (Å²) in [6.07, 6.45) is 0.834. The smallest absolute Gasteiger partial charge is 0.330 e. The van der Waals surface area contributed by atoms with E-state index in [0.717, 1.165) is 17.5 Å². The van der Waals surface area contributed by atoms with E-state index in [1.807, 2.05) is 26.8 Å². The largest absolute Gasteiger partial charge is 0.479 e. The third-order valence-electron chi connectivity index (χ3n) is 3.66. The number of aryl methyl sites for hydroxylation is 1. The maximum Gasteiger partial charge on any atom is 0.330 e. The maximum atomic E-state index is 12.0. The van der Waals surface area contributed by atoms with Crippen LogP contribution in [0.3, 0.4) is 0 Å². The molecular weight excluding hydrogens is 296 g/mol. The first-order chi connectivity index (χ1) is 10.9. The van der Waals surface area contributed by atoms with Gasteiger partial charge in [0.15, 0.2) is 6.04 Å². The van der Waals surface area contributed by atoms with Crippen molar-refractivity contribution in [3.05, 3.63) is 34.9 Å². The van der Waals surface area contributed by atoms with Crippen molar-refractivity contribution in [1.82, 2.24) is 10.6 Å². The number of amides is 2. The van der Waals surface area contributed by atoms with Crippen LogP contribution in [0.4, 0.5) is 0 Å². The van der Waals surface area contributed by atoms with E-state index in [4.69, 9.17) is 0 Å². The Labute approximate surface area is 136 Å². The summed E-state index contributed by atoms with van der Waals surface area (Å²) in [6, 6.07) is 4.23. The SMILES string of the molecule is CCCNC(=O)CCC(=O)NC(C(=O)O)c1cccc(C)c1C. The zero-order valence-corrected chi connectivity index (χ0v) is 13.8. The molecule has 23 heavy (non-hydrogen) atoms. The molecule has 2 amide bonds. The van der Waals surface area contributed by atoms with Gasteiger partial charge in [0.2, 0.25) is 11.8 Å². The first kappa shape index (κ1) is 18.7. The molecule has 0 saturated carbocycles. The van der Waals surface area contributed by atoms with Crippen molar-refractivity contribution < 1.29 is 19.5 Å². The molecule has 0 radical (unpaired) electrons. The summed E-state index contributed by atoms with van der Waals surface area (Å²) in [6.45, 7) is 6.22. The van der Waals surface area contributed by atoms with E-state index in [0.29, 0.717) is 12.1 Å². The Hall–Kier alpha value is -2.37. The van der Waals surface area contributed by atoms with Crippen LogP contribution in [0.25, 0.3) is 0 Å². The molecule has 0 fully saturated rings. The minimum absolute atomic E-state index is 0.0375. The Morgan fingerprint density at radius 2 is 1.78 bits per heavy atom. The third-order valence-corrected chi connectivity index (χ3v) is 3.66. The molecule has 0 aliphatic rings. The zero-order valence-electron chi connectivity index (χ0n) is 13.8. The van der Waals surface area contributed by atoms with Gasteiger partial charge in [0, 0.05) is 19.4 Å². The molecule has 1 atom stereocenters. The van der Waals surface area contributed by atoms with Gasteiger partial charge in [-0.15, -0.1) is 0 Å². The van der Waals surface area contributed by atoms with Crippen molar-refractivity contribution in [1.29, 1.82) is 0 Å². The van der Waals surface area contributed by atoms with E-state index in [1.165, 1.54) is 0 Å². The first-order valence-electron chi connectivity index (χ1n) is 7.71. The third kappa shape index (κ3) is 5.73. The highest BCUT2D eigenvalue weighted by Gasteiger charge is 2.24. The number of carbonyl (C=O) groups is 3. The minimum Gasteiger partial charge on any atom is -0.479 e. The van der Waals surface area contributed by atoms with Crippen LogP contribution in [0.1, 0.15) is 48.9 Å². The molecule has 1 aromatic carbocycles. The van der Waals surface area contributed by atoms with Gasteiger partial charge in [-0.25, -0.2) is 4.79 Å². The first-order valence-corrected chi connectivity index (χ1v) is 7.71. The second-order valence-electron chi connectivity index (χ2n) is 5.48. The Morgan fingerprint density at radius 3 is 2.39 bits per heavy atom. The second-order valence-corrected chi connectivity index (χ2v) is 5.48. The lowest BCUT2D eigenvalue weighted by molar-refractivity contribution is -0.142. The van der Waals surface area contributed by atoms with Crippen LogP contribution in [-0.2, 0) is 14.4 Å². The molecule has 0 heterocycles. The fraction of sp³-hybridized carbons (Fsp3) is 0.471.